The fourth-order valence-corrected chi connectivity index (χ4v) is 1.27. The van der Waals surface area contributed by atoms with Gasteiger partial charge in [-0.1, -0.05) is 24.6 Å². The van der Waals surface area contributed by atoms with Crippen molar-refractivity contribution in [3.05, 3.63) is 28.8 Å². The molecule has 4 heteroatoms. The highest BCUT2D eigenvalue weighted by Crippen LogP contribution is 2.26. The Morgan fingerprint density at radius 3 is 2.73 bits per heavy atom. The number of nitrogens with zero attached hydrogens (tertiary/aromatic N) is 2. The second kappa shape index (κ2) is 5.24. The summed E-state index contributed by atoms with van der Waals surface area (Å²) in [6.07, 6.45) is 0.0176. The second-order valence-corrected chi connectivity index (χ2v) is 3.28. The van der Waals surface area contributed by atoms with Crippen LogP contribution in [-0.4, -0.2) is 6.10 Å². The number of rotatable bonds is 3. The first-order valence-corrected chi connectivity index (χ1v) is 4.85. The summed E-state index contributed by atoms with van der Waals surface area (Å²) in [6, 6.07) is 8.87. The van der Waals surface area contributed by atoms with E-state index in [1.54, 1.807) is 18.2 Å². The zero-order valence-corrected chi connectivity index (χ0v) is 8.95. The lowest BCUT2D eigenvalue weighted by Crippen LogP contribution is -2.13. The smallest absolute Gasteiger partial charge is 0.184 e. The zero-order chi connectivity index (χ0) is 11.3. The van der Waals surface area contributed by atoms with Gasteiger partial charge in [-0.3, -0.25) is 0 Å². The molecule has 0 aliphatic rings. The molecule has 0 aromatic heterocycles. The normalized spacial score (nSPS) is 11.2. The Bertz CT molecular complexity index is 431. The average Bonchev–Trinajstić information content (AvgIpc) is 2.26. The number of hydrogen-bond donors (Lipinski definition) is 0. The van der Waals surface area contributed by atoms with Crippen molar-refractivity contribution in [2.75, 3.05) is 0 Å². The van der Waals surface area contributed by atoms with Gasteiger partial charge in [0.25, 0.3) is 0 Å². The minimum Gasteiger partial charge on any atom is -0.474 e. The number of ether oxygens (including phenoxy) is 1. The molecule has 0 N–H and O–H groups in total. The molecule has 0 radical (unpaired) electrons. The average molecular weight is 221 g/mol. The molecule has 0 bridgehead atoms. The van der Waals surface area contributed by atoms with E-state index >= 15 is 0 Å². The molecule has 1 unspecified atom stereocenters. The Balaban J connectivity index is 3.01. The molecule has 0 amide bonds. The predicted octanol–water partition coefficient (Wildman–Crippen LogP) is 2.89. The van der Waals surface area contributed by atoms with E-state index in [2.05, 4.69) is 0 Å². The van der Waals surface area contributed by atoms with Crippen LogP contribution in [0, 0.1) is 22.7 Å². The number of benzene rings is 1. The third-order valence-electron chi connectivity index (χ3n) is 1.87. The van der Waals surface area contributed by atoms with E-state index in [4.69, 9.17) is 26.9 Å². The molecule has 0 saturated carbocycles. The molecule has 0 aliphatic carbocycles. The van der Waals surface area contributed by atoms with Crippen LogP contribution in [0.15, 0.2) is 18.2 Å². The van der Waals surface area contributed by atoms with Crippen molar-refractivity contribution < 1.29 is 4.74 Å². The summed E-state index contributed by atoms with van der Waals surface area (Å²) in [4.78, 5) is 0. The lowest BCUT2D eigenvalue weighted by Gasteiger charge is -2.11. The predicted molar refractivity (Wildman–Crippen MR) is 56.5 cm³/mol. The molecule has 0 spiro atoms. The van der Waals surface area contributed by atoms with Gasteiger partial charge in [-0.2, -0.15) is 10.5 Å². The first-order chi connectivity index (χ1) is 7.22. The summed E-state index contributed by atoms with van der Waals surface area (Å²) >= 11 is 5.81. The van der Waals surface area contributed by atoms with Gasteiger partial charge in [-0.25, -0.2) is 0 Å². The van der Waals surface area contributed by atoms with Gasteiger partial charge in [0.2, 0.25) is 0 Å². The van der Waals surface area contributed by atoms with Gasteiger partial charge in [-0.05, 0) is 18.6 Å². The molecule has 0 saturated heterocycles. The van der Waals surface area contributed by atoms with Crippen molar-refractivity contribution in [2.45, 2.75) is 19.4 Å². The van der Waals surface area contributed by atoms with E-state index in [1.165, 1.54) is 0 Å². The highest BCUT2D eigenvalue weighted by Gasteiger charge is 2.12. The van der Waals surface area contributed by atoms with Crippen molar-refractivity contribution in [3.8, 4) is 17.9 Å². The molecule has 76 valence electrons. The lowest BCUT2D eigenvalue weighted by molar-refractivity contribution is 0.251. The molecular formula is C11H9ClN2O. The molecule has 15 heavy (non-hydrogen) atoms. The highest BCUT2D eigenvalue weighted by molar-refractivity contribution is 6.31. The fourth-order valence-electron chi connectivity index (χ4n) is 1.07. The third kappa shape index (κ3) is 2.62. The number of hydrogen-bond acceptors (Lipinski definition) is 3. The summed E-state index contributed by atoms with van der Waals surface area (Å²) in [7, 11) is 0. The SMILES string of the molecule is CCC(C#N)Oc1cccc(Cl)c1C#N. The van der Waals surface area contributed by atoms with E-state index in [9.17, 15) is 0 Å². The maximum absolute atomic E-state index is 8.86. The molecule has 0 aliphatic heterocycles. The van der Waals surface area contributed by atoms with Crippen LogP contribution in [0.1, 0.15) is 18.9 Å². The third-order valence-corrected chi connectivity index (χ3v) is 2.19. The molecule has 0 heterocycles. The largest absolute Gasteiger partial charge is 0.474 e. The van der Waals surface area contributed by atoms with E-state index in [0.29, 0.717) is 17.2 Å². The van der Waals surface area contributed by atoms with Gasteiger partial charge in [0, 0.05) is 0 Å². The van der Waals surface area contributed by atoms with Gasteiger partial charge in [0.05, 0.1) is 5.02 Å². The van der Waals surface area contributed by atoms with Gasteiger partial charge in [-0.15, -0.1) is 0 Å². The molecular weight excluding hydrogens is 212 g/mol. The standard InChI is InChI=1S/C11H9ClN2O/c1-2-8(6-13)15-11-5-3-4-10(12)9(11)7-14/h3-5,8H,2H2,1H3. The minimum atomic E-state index is -0.546. The van der Waals surface area contributed by atoms with E-state index in [1.807, 2.05) is 19.1 Å². The van der Waals surface area contributed by atoms with Crippen LogP contribution in [0.5, 0.6) is 5.75 Å². The van der Waals surface area contributed by atoms with E-state index < -0.39 is 6.10 Å². The van der Waals surface area contributed by atoms with Crippen LogP contribution in [0.3, 0.4) is 0 Å². The number of halogens is 1. The molecule has 1 rings (SSSR count). The second-order valence-electron chi connectivity index (χ2n) is 2.87. The molecule has 3 nitrogen and oxygen atoms in total. The Morgan fingerprint density at radius 1 is 1.47 bits per heavy atom. The Morgan fingerprint density at radius 2 is 2.20 bits per heavy atom. The topological polar surface area (TPSA) is 56.8 Å². The number of nitriles is 2. The Kier molecular flexibility index (Phi) is 3.97. The van der Waals surface area contributed by atoms with Crippen molar-refractivity contribution >= 4 is 11.6 Å². The van der Waals surface area contributed by atoms with Crippen molar-refractivity contribution in [3.63, 3.8) is 0 Å². The first-order valence-electron chi connectivity index (χ1n) is 4.47. The first kappa shape index (κ1) is 11.4. The lowest BCUT2D eigenvalue weighted by atomic mass is 10.2. The molecule has 1 aromatic carbocycles. The Labute approximate surface area is 93.5 Å². The fraction of sp³-hybridized carbons (Fsp3) is 0.273. The Hall–Kier alpha value is -1.71. The van der Waals surface area contributed by atoms with Gasteiger partial charge in [0.15, 0.2) is 6.10 Å². The van der Waals surface area contributed by atoms with Gasteiger partial charge in [0.1, 0.15) is 23.5 Å². The maximum atomic E-state index is 8.86. The van der Waals surface area contributed by atoms with Crippen LogP contribution in [0.4, 0.5) is 0 Å². The van der Waals surface area contributed by atoms with E-state index in [0.717, 1.165) is 0 Å². The van der Waals surface area contributed by atoms with Crippen LogP contribution >= 0.6 is 11.6 Å². The summed E-state index contributed by atoms with van der Waals surface area (Å²) in [5.41, 5.74) is 0.271. The molecule has 1 aromatic rings. The van der Waals surface area contributed by atoms with E-state index in [-0.39, 0.29) is 5.56 Å². The van der Waals surface area contributed by atoms with Crippen LogP contribution in [0.2, 0.25) is 5.02 Å². The van der Waals surface area contributed by atoms with Crippen molar-refractivity contribution in [2.24, 2.45) is 0 Å². The zero-order valence-electron chi connectivity index (χ0n) is 8.20. The highest BCUT2D eigenvalue weighted by atomic mass is 35.5. The van der Waals surface area contributed by atoms with Crippen molar-refractivity contribution in [1.29, 1.82) is 10.5 Å². The maximum Gasteiger partial charge on any atom is 0.184 e. The summed E-state index contributed by atoms with van der Waals surface area (Å²) in [6.45, 7) is 1.84. The van der Waals surface area contributed by atoms with Crippen LogP contribution in [0.25, 0.3) is 0 Å². The van der Waals surface area contributed by atoms with Crippen molar-refractivity contribution in [1.82, 2.24) is 0 Å². The van der Waals surface area contributed by atoms with Crippen LogP contribution in [-0.2, 0) is 0 Å². The molecule has 0 fully saturated rings. The monoisotopic (exact) mass is 220 g/mol. The van der Waals surface area contributed by atoms with Gasteiger partial charge < -0.3 is 4.74 Å². The van der Waals surface area contributed by atoms with Gasteiger partial charge >= 0.3 is 0 Å². The summed E-state index contributed by atoms with van der Waals surface area (Å²) in [5.74, 6) is 0.360. The minimum absolute atomic E-state index is 0.271. The quantitative estimate of drug-likeness (QED) is 0.787. The molecule has 1 atom stereocenters. The summed E-state index contributed by atoms with van der Waals surface area (Å²) < 4.78 is 5.35. The summed E-state index contributed by atoms with van der Waals surface area (Å²) in [5, 5.41) is 17.9. The van der Waals surface area contributed by atoms with Crippen LogP contribution < -0.4 is 4.74 Å².